The van der Waals surface area contributed by atoms with Crippen molar-refractivity contribution in [2.75, 3.05) is 11.4 Å². The topological polar surface area (TPSA) is 29.0 Å². The molecule has 1 fully saturated rings. The van der Waals surface area contributed by atoms with Gasteiger partial charge in [-0.2, -0.15) is 0 Å². The number of halogens is 1. The molecule has 0 bridgehead atoms. The van der Waals surface area contributed by atoms with Crippen LogP contribution in [0.25, 0.3) is 0 Å². The first-order valence-corrected chi connectivity index (χ1v) is 5.91. The monoisotopic (exact) mass is 225 g/mol. The first kappa shape index (κ1) is 10.7. The van der Waals surface area contributed by atoms with Gasteiger partial charge in [0.1, 0.15) is 0 Å². The highest BCUT2D eigenvalue weighted by Crippen LogP contribution is 2.22. The normalized spacial score (nSPS) is 21.0. The number of hydrogen-bond donors (Lipinski definition) is 0. The zero-order valence-electron chi connectivity index (χ0n) is 9.20. The molecule has 1 atom stereocenters. The standard InChI is InChI=1S/C11H16ClN3/c1-8-6-10(7-12)14-11(13-8)15-5-3-4-9(15)2/h6,9H,3-5,7H2,1-2H3. The lowest BCUT2D eigenvalue weighted by Gasteiger charge is -2.21. The molecule has 1 aromatic rings. The van der Waals surface area contributed by atoms with Crippen molar-refractivity contribution >= 4 is 17.5 Å². The van der Waals surface area contributed by atoms with E-state index in [0.29, 0.717) is 11.9 Å². The van der Waals surface area contributed by atoms with Crippen molar-refractivity contribution in [1.29, 1.82) is 0 Å². The lowest BCUT2D eigenvalue weighted by molar-refractivity contribution is 0.713. The minimum absolute atomic E-state index is 0.457. The van der Waals surface area contributed by atoms with Crippen LogP contribution in [0.4, 0.5) is 5.95 Å². The van der Waals surface area contributed by atoms with Crippen LogP contribution in [-0.2, 0) is 5.88 Å². The highest BCUT2D eigenvalue weighted by Gasteiger charge is 2.22. The third kappa shape index (κ3) is 2.23. The molecule has 2 rings (SSSR count). The van der Waals surface area contributed by atoms with Crippen LogP contribution < -0.4 is 4.90 Å². The molecule has 1 aliphatic rings. The van der Waals surface area contributed by atoms with Crippen LogP contribution in [0.2, 0.25) is 0 Å². The second-order valence-corrected chi connectivity index (χ2v) is 4.39. The van der Waals surface area contributed by atoms with Gasteiger partial charge in [-0.25, -0.2) is 9.97 Å². The van der Waals surface area contributed by atoms with E-state index in [9.17, 15) is 0 Å². The highest BCUT2D eigenvalue weighted by atomic mass is 35.5. The van der Waals surface area contributed by atoms with Crippen molar-refractivity contribution in [1.82, 2.24) is 9.97 Å². The Balaban J connectivity index is 2.30. The lowest BCUT2D eigenvalue weighted by Crippen LogP contribution is -2.28. The molecule has 0 aromatic carbocycles. The summed E-state index contributed by atoms with van der Waals surface area (Å²) in [5, 5.41) is 0. The van der Waals surface area contributed by atoms with Crippen LogP contribution in [0.15, 0.2) is 6.07 Å². The summed E-state index contributed by atoms with van der Waals surface area (Å²) >= 11 is 5.81. The predicted molar refractivity (Wildman–Crippen MR) is 62.4 cm³/mol. The number of anilines is 1. The number of alkyl halides is 1. The van der Waals surface area contributed by atoms with Gasteiger partial charge in [-0.05, 0) is 32.8 Å². The van der Waals surface area contributed by atoms with Crippen LogP contribution in [-0.4, -0.2) is 22.6 Å². The number of rotatable bonds is 2. The largest absolute Gasteiger partial charge is 0.338 e. The molecule has 1 aromatic heterocycles. The third-order valence-corrected chi connectivity index (χ3v) is 3.12. The van der Waals surface area contributed by atoms with Gasteiger partial charge in [0.2, 0.25) is 5.95 Å². The maximum absolute atomic E-state index is 5.81. The second-order valence-electron chi connectivity index (χ2n) is 4.12. The number of nitrogens with zero attached hydrogens (tertiary/aromatic N) is 3. The Kier molecular flexibility index (Phi) is 3.10. The molecule has 0 N–H and O–H groups in total. The molecule has 2 heterocycles. The molecule has 1 aliphatic heterocycles. The van der Waals surface area contributed by atoms with E-state index in [-0.39, 0.29) is 0 Å². The number of aryl methyl sites for hydroxylation is 1. The Morgan fingerprint density at radius 2 is 2.33 bits per heavy atom. The van der Waals surface area contributed by atoms with Crippen LogP contribution >= 0.6 is 11.6 Å². The van der Waals surface area contributed by atoms with Gasteiger partial charge >= 0.3 is 0 Å². The summed E-state index contributed by atoms with van der Waals surface area (Å²) in [4.78, 5) is 11.2. The van der Waals surface area contributed by atoms with Gasteiger partial charge in [0, 0.05) is 18.3 Å². The summed E-state index contributed by atoms with van der Waals surface area (Å²) < 4.78 is 0. The first-order chi connectivity index (χ1) is 7.20. The van der Waals surface area contributed by atoms with Gasteiger partial charge in [-0.3, -0.25) is 0 Å². The Hall–Kier alpha value is -0.830. The van der Waals surface area contributed by atoms with Crippen molar-refractivity contribution in [3.8, 4) is 0 Å². The van der Waals surface area contributed by atoms with E-state index in [1.165, 1.54) is 12.8 Å². The fourth-order valence-electron chi connectivity index (χ4n) is 2.04. The number of aromatic nitrogens is 2. The van der Waals surface area contributed by atoms with Gasteiger partial charge in [0.05, 0.1) is 11.6 Å². The van der Waals surface area contributed by atoms with E-state index in [1.54, 1.807) is 0 Å². The predicted octanol–water partition coefficient (Wildman–Crippen LogP) is 2.51. The molecular formula is C11H16ClN3. The zero-order valence-corrected chi connectivity index (χ0v) is 9.96. The summed E-state index contributed by atoms with van der Waals surface area (Å²) in [5.41, 5.74) is 1.91. The van der Waals surface area contributed by atoms with E-state index in [4.69, 9.17) is 11.6 Å². The van der Waals surface area contributed by atoms with Gasteiger partial charge in [0.15, 0.2) is 0 Å². The average Bonchev–Trinajstić information content (AvgIpc) is 2.63. The molecular weight excluding hydrogens is 210 g/mol. The SMILES string of the molecule is Cc1cc(CCl)nc(N2CCCC2C)n1. The van der Waals surface area contributed by atoms with Gasteiger partial charge in [0.25, 0.3) is 0 Å². The van der Waals surface area contributed by atoms with Crippen LogP contribution in [0.5, 0.6) is 0 Å². The Morgan fingerprint density at radius 3 is 2.93 bits per heavy atom. The molecule has 0 radical (unpaired) electrons. The van der Waals surface area contributed by atoms with Crippen molar-refractivity contribution < 1.29 is 0 Å². The fraction of sp³-hybridized carbons (Fsp3) is 0.636. The summed E-state index contributed by atoms with van der Waals surface area (Å²) in [6.45, 7) is 5.27. The summed E-state index contributed by atoms with van der Waals surface area (Å²) in [6.07, 6.45) is 2.46. The Bertz CT molecular complexity index is 354. The lowest BCUT2D eigenvalue weighted by atomic mass is 10.2. The van der Waals surface area contributed by atoms with Crippen LogP contribution in [0.3, 0.4) is 0 Å². The molecule has 3 nitrogen and oxygen atoms in total. The Labute approximate surface area is 95.5 Å². The van der Waals surface area contributed by atoms with E-state index in [1.807, 2.05) is 13.0 Å². The minimum atomic E-state index is 0.457. The van der Waals surface area contributed by atoms with Crippen molar-refractivity contribution in [2.45, 2.75) is 38.6 Å². The maximum Gasteiger partial charge on any atom is 0.226 e. The summed E-state index contributed by atoms with van der Waals surface area (Å²) in [6, 6.07) is 2.49. The van der Waals surface area contributed by atoms with Gasteiger partial charge in [-0.15, -0.1) is 11.6 Å². The molecule has 0 saturated carbocycles. The summed E-state index contributed by atoms with van der Waals surface area (Å²) in [7, 11) is 0. The van der Waals surface area contributed by atoms with E-state index >= 15 is 0 Å². The fourth-order valence-corrected chi connectivity index (χ4v) is 2.18. The highest BCUT2D eigenvalue weighted by molar-refractivity contribution is 6.16. The second kappa shape index (κ2) is 4.35. The number of hydrogen-bond acceptors (Lipinski definition) is 3. The van der Waals surface area contributed by atoms with Gasteiger partial charge in [-0.1, -0.05) is 0 Å². The Morgan fingerprint density at radius 1 is 1.53 bits per heavy atom. The zero-order chi connectivity index (χ0) is 10.8. The molecule has 0 amide bonds. The molecule has 15 heavy (non-hydrogen) atoms. The van der Waals surface area contributed by atoms with E-state index in [0.717, 1.165) is 23.9 Å². The smallest absolute Gasteiger partial charge is 0.226 e. The summed E-state index contributed by atoms with van der Waals surface area (Å²) in [5.74, 6) is 1.30. The van der Waals surface area contributed by atoms with Crippen LogP contribution in [0, 0.1) is 6.92 Å². The molecule has 1 unspecified atom stereocenters. The quantitative estimate of drug-likeness (QED) is 0.725. The molecule has 4 heteroatoms. The van der Waals surface area contributed by atoms with E-state index in [2.05, 4.69) is 21.8 Å². The van der Waals surface area contributed by atoms with Gasteiger partial charge < -0.3 is 4.90 Å². The van der Waals surface area contributed by atoms with Crippen molar-refractivity contribution in [3.05, 3.63) is 17.5 Å². The molecule has 1 saturated heterocycles. The van der Waals surface area contributed by atoms with Crippen molar-refractivity contribution in [3.63, 3.8) is 0 Å². The molecule has 82 valence electrons. The minimum Gasteiger partial charge on any atom is -0.338 e. The third-order valence-electron chi connectivity index (χ3n) is 2.84. The molecule has 0 spiro atoms. The molecule has 0 aliphatic carbocycles. The first-order valence-electron chi connectivity index (χ1n) is 5.38. The maximum atomic E-state index is 5.81. The van der Waals surface area contributed by atoms with Crippen LogP contribution in [0.1, 0.15) is 31.2 Å². The van der Waals surface area contributed by atoms with E-state index < -0.39 is 0 Å². The van der Waals surface area contributed by atoms with Crippen molar-refractivity contribution in [2.24, 2.45) is 0 Å². The average molecular weight is 226 g/mol.